The highest BCUT2D eigenvalue weighted by Gasteiger charge is 2.16. The van der Waals surface area contributed by atoms with E-state index in [0.29, 0.717) is 22.9 Å². The number of nitrogens with one attached hydrogen (secondary N) is 1. The van der Waals surface area contributed by atoms with Crippen LogP contribution < -0.4 is 10.1 Å². The number of rotatable bonds is 6. The summed E-state index contributed by atoms with van der Waals surface area (Å²) >= 11 is 1.27. The van der Waals surface area contributed by atoms with Crippen LogP contribution in [0.2, 0.25) is 0 Å². The van der Waals surface area contributed by atoms with Crippen molar-refractivity contribution in [1.29, 1.82) is 0 Å². The van der Waals surface area contributed by atoms with Gasteiger partial charge in [-0.05, 0) is 37.4 Å². The number of hydrogen-bond acceptors (Lipinski definition) is 5. The fourth-order valence-corrected chi connectivity index (χ4v) is 2.51. The molecule has 0 saturated carbocycles. The van der Waals surface area contributed by atoms with Gasteiger partial charge in [0.1, 0.15) is 10.8 Å². The van der Waals surface area contributed by atoms with Crippen molar-refractivity contribution in [2.75, 3.05) is 18.5 Å². The van der Waals surface area contributed by atoms with Gasteiger partial charge in [0, 0.05) is 0 Å². The van der Waals surface area contributed by atoms with Crippen LogP contribution >= 0.6 is 11.3 Å². The third-order valence-corrected chi connectivity index (χ3v) is 3.63. The first kappa shape index (κ1) is 16.0. The van der Waals surface area contributed by atoms with Gasteiger partial charge in [0.15, 0.2) is 6.61 Å². The lowest BCUT2D eigenvalue weighted by molar-refractivity contribution is -0.118. The highest BCUT2D eigenvalue weighted by Crippen LogP contribution is 2.24. The number of benzene rings is 1. The molecular formula is C16H17NO4S. The summed E-state index contributed by atoms with van der Waals surface area (Å²) in [6.45, 7) is 3.88. The van der Waals surface area contributed by atoms with E-state index in [9.17, 15) is 9.59 Å². The minimum atomic E-state index is -0.446. The van der Waals surface area contributed by atoms with Crippen LogP contribution in [0.25, 0.3) is 0 Å². The van der Waals surface area contributed by atoms with Crippen LogP contribution in [0.3, 0.4) is 0 Å². The molecule has 0 spiro atoms. The first-order valence-electron chi connectivity index (χ1n) is 6.84. The Balaban J connectivity index is 1.91. The van der Waals surface area contributed by atoms with Crippen LogP contribution in [0, 0.1) is 6.92 Å². The lowest BCUT2D eigenvalue weighted by atomic mass is 10.2. The molecule has 1 amide bonds. The lowest BCUT2D eigenvalue weighted by Gasteiger charge is -2.08. The van der Waals surface area contributed by atoms with E-state index in [2.05, 4.69) is 5.32 Å². The van der Waals surface area contributed by atoms with Gasteiger partial charge in [-0.3, -0.25) is 4.79 Å². The number of ether oxygens (including phenoxy) is 2. The van der Waals surface area contributed by atoms with Gasteiger partial charge in [0.25, 0.3) is 5.91 Å². The zero-order valence-electron chi connectivity index (χ0n) is 12.4. The van der Waals surface area contributed by atoms with Crippen molar-refractivity contribution >= 4 is 28.2 Å². The minimum absolute atomic E-state index is 0.122. The lowest BCUT2D eigenvalue weighted by Crippen LogP contribution is -2.21. The van der Waals surface area contributed by atoms with Crippen LogP contribution in [0.1, 0.15) is 22.8 Å². The Morgan fingerprint density at radius 3 is 2.59 bits per heavy atom. The second-order valence-corrected chi connectivity index (χ2v) is 5.45. The number of carbonyl (C=O) groups excluding carboxylic acids is 2. The maximum atomic E-state index is 11.9. The molecule has 1 aromatic heterocycles. The molecule has 6 heteroatoms. The maximum Gasteiger partial charge on any atom is 0.341 e. The third-order valence-electron chi connectivity index (χ3n) is 2.80. The molecule has 0 atom stereocenters. The Bertz CT molecular complexity index is 648. The normalized spacial score (nSPS) is 10.1. The first-order valence-corrected chi connectivity index (χ1v) is 7.72. The Morgan fingerprint density at radius 1 is 1.18 bits per heavy atom. The molecule has 5 nitrogen and oxygen atoms in total. The second kappa shape index (κ2) is 7.61. The number of hydrogen-bond donors (Lipinski definition) is 1. The predicted octanol–water partition coefficient (Wildman–Crippen LogP) is 3.25. The quantitative estimate of drug-likeness (QED) is 0.830. The molecule has 0 unspecified atom stereocenters. The Kier molecular flexibility index (Phi) is 5.55. The Morgan fingerprint density at radius 2 is 1.91 bits per heavy atom. The van der Waals surface area contributed by atoms with Gasteiger partial charge in [-0.15, -0.1) is 11.3 Å². The fourth-order valence-electron chi connectivity index (χ4n) is 1.72. The summed E-state index contributed by atoms with van der Waals surface area (Å²) < 4.78 is 10.3. The van der Waals surface area contributed by atoms with E-state index in [1.807, 2.05) is 19.1 Å². The number of anilines is 1. The van der Waals surface area contributed by atoms with Crippen molar-refractivity contribution < 1.29 is 19.1 Å². The van der Waals surface area contributed by atoms with Gasteiger partial charge >= 0.3 is 5.97 Å². The molecule has 0 radical (unpaired) electrons. The summed E-state index contributed by atoms with van der Waals surface area (Å²) in [6.07, 6.45) is 0. The average Bonchev–Trinajstić information content (AvgIpc) is 2.95. The minimum Gasteiger partial charge on any atom is -0.484 e. The molecular weight excluding hydrogens is 302 g/mol. The van der Waals surface area contributed by atoms with Gasteiger partial charge in [-0.2, -0.15) is 0 Å². The average molecular weight is 319 g/mol. The van der Waals surface area contributed by atoms with E-state index in [0.717, 1.165) is 5.56 Å². The second-order valence-electron chi connectivity index (χ2n) is 4.53. The van der Waals surface area contributed by atoms with Crippen LogP contribution in [0.4, 0.5) is 5.00 Å². The van der Waals surface area contributed by atoms with E-state index in [-0.39, 0.29) is 12.5 Å². The number of esters is 1. The first-order chi connectivity index (χ1) is 10.6. The summed E-state index contributed by atoms with van der Waals surface area (Å²) in [6, 6.07) is 9.05. The van der Waals surface area contributed by atoms with Gasteiger partial charge in [0.05, 0.1) is 12.2 Å². The Labute approximate surface area is 132 Å². The van der Waals surface area contributed by atoms with Crippen molar-refractivity contribution in [3.05, 3.63) is 46.8 Å². The summed E-state index contributed by atoms with van der Waals surface area (Å²) in [5.41, 5.74) is 1.48. The number of carbonyl (C=O) groups is 2. The molecule has 0 bridgehead atoms. The summed E-state index contributed by atoms with van der Waals surface area (Å²) in [4.78, 5) is 23.6. The van der Waals surface area contributed by atoms with Gasteiger partial charge in [-0.25, -0.2) is 4.79 Å². The fraction of sp³-hybridized carbons (Fsp3) is 0.250. The van der Waals surface area contributed by atoms with Crippen LogP contribution in [0.5, 0.6) is 5.75 Å². The molecule has 1 heterocycles. The van der Waals surface area contributed by atoms with E-state index in [1.54, 1.807) is 30.5 Å². The van der Waals surface area contributed by atoms with Crippen LogP contribution in [-0.2, 0) is 9.53 Å². The molecule has 0 saturated heterocycles. The number of aryl methyl sites for hydroxylation is 1. The van der Waals surface area contributed by atoms with E-state index < -0.39 is 5.97 Å². The zero-order chi connectivity index (χ0) is 15.9. The van der Waals surface area contributed by atoms with Gasteiger partial charge in [0.2, 0.25) is 0 Å². The van der Waals surface area contributed by atoms with Gasteiger partial charge < -0.3 is 14.8 Å². The highest BCUT2D eigenvalue weighted by molar-refractivity contribution is 7.14. The Hall–Kier alpha value is -2.34. The van der Waals surface area contributed by atoms with Crippen molar-refractivity contribution in [2.24, 2.45) is 0 Å². The van der Waals surface area contributed by atoms with Crippen molar-refractivity contribution in [1.82, 2.24) is 0 Å². The summed E-state index contributed by atoms with van der Waals surface area (Å²) in [7, 11) is 0. The van der Waals surface area contributed by atoms with Crippen molar-refractivity contribution in [2.45, 2.75) is 13.8 Å². The SMILES string of the molecule is CCOC(=O)c1ccsc1NC(=O)COc1ccc(C)cc1. The topological polar surface area (TPSA) is 64.6 Å². The molecule has 0 fully saturated rings. The number of amides is 1. The monoisotopic (exact) mass is 319 g/mol. The van der Waals surface area contributed by atoms with E-state index >= 15 is 0 Å². The van der Waals surface area contributed by atoms with E-state index in [1.165, 1.54) is 11.3 Å². The number of thiophene rings is 1. The van der Waals surface area contributed by atoms with Gasteiger partial charge in [-0.1, -0.05) is 17.7 Å². The van der Waals surface area contributed by atoms with E-state index in [4.69, 9.17) is 9.47 Å². The smallest absolute Gasteiger partial charge is 0.341 e. The molecule has 2 rings (SSSR count). The summed E-state index contributed by atoms with van der Waals surface area (Å²) in [5.74, 6) is -0.148. The summed E-state index contributed by atoms with van der Waals surface area (Å²) in [5, 5.41) is 4.86. The maximum absolute atomic E-state index is 11.9. The predicted molar refractivity (Wildman–Crippen MR) is 85.6 cm³/mol. The standard InChI is InChI=1S/C16H17NO4S/c1-3-20-16(19)13-8-9-22-15(13)17-14(18)10-21-12-6-4-11(2)5-7-12/h4-9H,3,10H2,1-2H3,(H,17,18). The molecule has 0 aliphatic rings. The van der Waals surface area contributed by atoms with Crippen molar-refractivity contribution in [3.63, 3.8) is 0 Å². The zero-order valence-corrected chi connectivity index (χ0v) is 13.2. The van der Waals surface area contributed by atoms with Crippen LogP contribution in [0.15, 0.2) is 35.7 Å². The molecule has 2 aromatic rings. The molecule has 22 heavy (non-hydrogen) atoms. The molecule has 1 aromatic carbocycles. The highest BCUT2D eigenvalue weighted by atomic mass is 32.1. The third kappa shape index (κ3) is 4.33. The van der Waals surface area contributed by atoms with Crippen LogP contribution in [-0.4, -0.2) is 25.1 Å². The molecule has 0 aliphatic carbocycles. The molecule has 116 valence electrons. The molecule has 0 aliphatic heterocycles. The largest absolute Gasteiger partial charge is 0.484 e. The van der Waals surface area contributed by atoms with Crippen molar-refractivity contribution in [3.8, 4) is 5.75 Å². The molecule has 1 N–H and O–H groups in total.